The summed E-state index contributed by atoms with van der Waals surface area (Å²) in [7, 11) is -7.14. The fourth-order valence-electron chi connectivity index (χ4n) is 8.00. The van der Waals surface area contributed by atoms with Crippen molar-refractivity contribution in [1.29, 1.82) is 0 Å². The molecule has 22 heteroatoms. The van der Waals surface area contributed by atoms with Crippen molar-refractivity contribution in [2.45, 2.75) is 62.7 Å². The number of anilines is 1. The standard InChI is InChI=1S/C48H72N2O17S3/c1-47(2,3)42-36-39(67-45-35-38(11-13-41(42)45)49(16-8-34-69(54,55)56)17-20-61-25-28-66-32-31-64-24-23-60-5)9-6-10-46-48(4,15-7-33-68(52)53)43-37-40(70(57,58)59)12-14-44(43)50(46)18-21-62-26-29-65-30-27-63-22-19-51/h6,9-14,35-37,51H,7-8,15-34H2,1-5H3,(H2-,52,53,54,55,56,57,58,59)/p+1. The van der Waals surface area contributed by atoms with Crippen LogP contribution in [0, 0.1) is 0 Å². The third-order valence-electron chi connectivity index (χ3n) is 11.4. The number of nitrogens with zero attached hydrogens (tertiary/aromatic N) is 2. The van der Waals surface area contributed by atoms with Crippen molar-refractivity contribution in [3.05, 3.63) is 82.6 Å². The van der Waals surface area contributed by atoms with Crippen LogP contribution in [0.4, 0.5) is 5.69 Å². The molecule has 4 N–H and O–H groups in total. The highest BCUT2D eigenvalue weighted by molar-refractivity contribution is 7.86. The van der Waals surface area contributed by atoms with Crippen molar-refractivity contribution in [3.63, 3.8) is 0 Å². The molecule has 1 aliphatic carbocycles. The Morgan fingerprint density at radius 2 is 1.40 bits per heavy atom. The van der Waals surface area contributed by atoms with Crippen LogP contribution in [0.25, 0.3) is 17.4 Å². The van der Waals surface area contributed by atoms with Crippen LogP contribution >= 0.6 is 0 Å². The molecule has 0 spiro atoms. The average molecular weight is 1050 g/mol. The lowest BCUT2D eigenvalue weighted by molar-refractivity contribution is 0.00371. The van der Waals surface area contributed by atoms with Crippen molar-refractivity contribution in [3.8, 4) is 11.3 Å². The van der Waals surface area contributed by atoms with Crippen LogP contribution in [-0.4, -0.2) is 171 Å². The molecule has 0 amide bonds. The van der Waals surface area contributed by atoms with E-state index in [9.17, 15) is 34.7 Å². The van der Waals surface area contributed by atoms with Gasteiger partial charge in [0.2, 0.25) is 5.36 Å². The van der Waals surface area contributed by atoms with E-state index >= 15 is 0 Å². The van der Waals surface area contributed by atoms with Gasteiger partial charge < -0.3 is 52.1 Å². The summed E-state index contributed by atoms with van der Waals surface area (Å²) in [5.74, 6) is 0.694. The van der Waals surface area contributed by atoms with Crippen molar-refractivity contribution in [2.75, 3.05) is 136 Å². The summed E-state index contributed by atoms with van der Waals surface area (Å²) in [5, 5.41) is 9.64. The Labute approximate surface area is 415 Å². The minimum atomic E-state index is -4.57. The number of rotatable bonds is 34. The molecule has 0 bridgehead atoms. The zero-order chi connectivity index (χ0) is 51.2. The van der Waals surface area contributed by atoms with Gasteiger partial charge in [0.1, 0.15) is 24.7 Å². The number of fused-ring (bicyclic) bond motifs is 2. The second kappa shape index (κ2) is 29.3. The molecule has 0 saturated carbocycles. The minimum absolute atomic E-state index is 0.000183. The van der Waals surface area contributed by atoms with Crippen molar-refractivity contribution >= 4 is 43.1 Å². The highest BCUT2D eigenvalue weighted by Gasteiger charge is 2.43. The van der Waals surface area contributed by atoms with E-state index in [1.54, 1.807) is 13.2 Å². The van der Waals surface area contributed by atoms with E-state index in [0.717, 1.165) is 22.2 Å². The van der Waals surface area contributed by atoms with E-state index in [1.807, 2.05) is 58.9 Å². The maximum atomic E-state index is 12.4. The topological polar surface area (TPSA) is 250 Å². The summed E-state index contributed by atoms with van der Waals surface area (Å²) in [5.41, 5.74) is 2.76. The van der Waals surface area contributed by atoms with Crippen molar-refractivity contribution in [1.82, 2.24) is 4.58 Å². The first-order valence-electron chi connectivity index (χ1n) is 23.3. The predicted molar refractivity (Wildman–Crippen MR) is 267 cm³/mol. The molecule has 2 heterocycles. The van der Waals surface area contributed by atoms with E-state index in [-0.39, 0.29) is 42.3 Å². The molecule has 0 saturated heterocycles. The van der Waals surface area contributed by atoms with E-state index < -0.39 is 42.5 Å². The zero-order valence-electron chi connectivity index (χ0n) is 41.0. The molecule has 0 radical (unpaired) electrons. The Morgan fingerprint density at radius 1 is 0.786 bits per heavy atom. The molecule has 0 aromatic heterocycles. The maximum absolute atomic E-state index is 12.4. The van der Waals surface area contributed by atoms with Crippen LogP contribution < -0.4 is 14.8 Å². The number of ether oxygens (including phenoxy) is 7. The highest BCUT2D eigenvalue weighted by Crippen LogP contribution is 2.51. The van der Waals surface area contributed by atoms with Gasteiger partial charge in [0.05, 0.1) is 103 Å². The molecule has 19 nitrogen and oxygen atoms in total. The molecule has 4 rings (SSSR count). The lowest BCUT2D eigenvalue weighted by Gasteiger charge is -2.30. The average Bonchev–Trinajstić information content (AvgIpc) is 3.52. The fourth-order valence-corrected chi connectivity index (χ4v) is 9.39. The number of hydrogen-bond acceptors (Lipinski definition) is 15. The van der Waals surface area contributed by atoms with Crippen molar-refractivity contribution in [2.24, 2.45) is 0 Å². The SMILES string of the molecule is COCCOCCOCCOCC[N+](CCCS(=O)(=O)O)=c1ccc2c(C(C)(C)C)cc(C=CC=C3N(CCOCCOCCOCCO)c4ccc(S(=O)(=O)O)cc4C3(C)CCCS(=O)O)oc-2c1. The molecule has 0 fully saturated rings. The van der Waals surface area contributed by atoms with Gasteiger partial charge in [-0.15, -0.1) is 0 Å². The summed E-state index contributed by atoms with van der Waals surface area (Å²) in [6, 6.07) is 12.2. The first-order valence-corrected chi connectivity index (χ1v) is 27.6. The third-order valence-corrected chi connectivity index (χ3v) is 13.7. The Hall–Kier alpha value is -3.46. The summed E-state index contributed by atoms with van der Waals surface area (Å²) in [6.45, 7) is 13.9. The smallest absolute Gasteiger partial charge is 0.294 e. The lowest BCUT2D eigenvalue weighted by atomic mass is 9.77. The molecule has 1 aromatic carbocycles. The zero-order valence-corrected chi connectivity index (χ0v) is 43.5. The second-order valence-electron chi connectivity index (χ2n) is 17.7. The number of hydrogen-bond donors (Lipinski definition) is 4. The first kappa shape index (κ1) is 59.1. The van der Waals surface area contributed by atoms with Crippen molar-refractivity contribution < 1.29 is 77.4 Å². The second-order valence-corrected chi connectivity index (χ2v) is 21.7. The molecule has 394 valence electrons. The van der Waals surface area contributed by atoms with Gasteiger partial charge in [0.15, 0.2) is 17.6 Å². The van der Waals surface area contributed by atoms with E-state index in [1.165, 1.54) is 12.1 Å². The Kier molecular flexibility index (Phi) is 24.7. The number of allylic oxidation sites excluding steroid dienone is 3. The van der Waals surface area contributed by atoms with Crippen LogP contribution in [0.2, 0.25) is 0 Å². The lowest BCUT2D eigenvalue weighted by Crippen LogP contribution is -2.35. The summed E-state index contributed by atoms with van der Waals surface area (Å²) in [6.07, 6.45) is 6.44. The third kappa shape index (κ3) is 19.5. The number of aliphatic hydroxyl groups excluding tert-OH is 1. The fraction of sp³-hybridized carbons (Fsp3) is 0.604. The van der Waals surface area contributed by atoms with Gasteiger partial charge in [-0.05, 0) is 78.8 Å². The highest BCUT2D eigenvalue weighted by atomic mass is 32.2. The van der Waals surface area contributed by atoms with Gasteiger partial charge in [-0.25, -0.2) is 8.78 Å². The van der Waals surface area contributed by atoms with Crippen LogP contribution in [-0.2, 0) is 75.3 Å². The molecule has 1 aromatic rings. The van der Waals surface area contributed by atoms with Crippen LogP contribution in [0.3, 0.4) is 0 Å². The molecular weight excluding hydrogens is 973 g/mol. The normalized spacial score (nSPS) is 17.0. The number of methoxy groups -OCH3 is 1. The molecular formula is C48H73N2O17S3+. The Balaban J connectivity index is 1.69. The van der Waals surface area contributed by atoms with E-state index in [0.29, 0.717) is 128 Å². The van der Waals surface area contributed by atoms with Gasteiger partial charge in [-0.1, -0.05) is 26.8 Å². The monoisotopic (exact) mass is 1050 g/mol. The molecule has 2 unspecified atom stereocenters. The van der Waals surface area contributed by atoms with Gasteiger partial charge in [0, 0.05) is 54.3 Å². The number of aliphatic hydroxyl groups is 1. The first-order chi connectivity index (χ1) is 33.3. The van der Waals surface area contributed by atoms with Gasteiger partial charge in [-0.3, -0.25) is 9.11 Å². The number of benzene rings is 2. The van der Waals surface area contributed by atoms with E-state index in [2.05, 4.69) is 20.8 Å². The predicted octanol–water partition coefficient (Wildman–Crippen LogP) is 4.39. The minimum Gasteiger partial charge on any atom is -0.456 e. The molecule has 2 aliphatic heterocycles. The largest absolute Gasteiger partial charge is 0.456 e. The summed E-state index contributed by atoms with van der Waals surface area (Å²) < 4.78 is 136. The van der Waals surface area contributed by atoms with Crippen LogP contribution in [0.15, 0.2) is 69.6 Å². The van der Waals surface area contributed by atoms with E-state index in [4.69, 9.17) is 42.7 Å². The molecule has 2 atom stereocenters. The molecule has 3 aliphatic rings. The van der Waals surface area contributed by atoms with Gasteiger partial charge in [0.25, 0.3) is 20.2 Å². The maximum Gasteiger partial charge on any atom is 0.294 e. The van der Waals surface area contributed by atoms with Gasteiger partial charge >= 0.3 is 0 Å². The Morgan fingerprint density at radius 3 is 1.99 bits per heavy atom. The summed E-state index contributed by atoms with van der Waals surface area (Å²) in [4.78, 5) is 1.75. The molecule has 70 heavy (non-hydrogen) atoms. The Bertz CT molecular complexity index is 2430. The van der Waals surface area contributed by atoms with Crippen LogP contribution in [0.5, 0.6) is 0 Å². The van der Waals surface area contributed by atoms with Crippen LogP contribution in [0.1, 0.15) is 63.8 Å². The summed E-state index contributed by atoms with van der Waals surface area (Å²) >= 11 is -2.06. The van der Waals surface area contributed by atoms with Gasteiger partial charge in [-0.2, -0.15) is 16.8 Å². The quantitative estimate of drug-likeness (QED) is 0.0280.